The average Bonchev–Trinajstić information content (AvgIpc) is 4.08. The highest BCUT2D eigenvalue weighted by atomic mass is 16.3. The van der Waals surface area contributed by atoms with E-state index in [1.807, 2.05) is 12.1 Å². The third-order valence-electron chi connectivity index (χ3n) is 15.5. The van der Waals surface area contributed by atoms with Crippen LogP contribution >= 0.6 is 0 Å². The Morgan fingerprint density at radius 2 is 1.15 bits per heavy atom. The number of fused-ring (bicyclic) bond motifs is 14. The van der Waals surface area contributed by atoms with Gasteiger partial charge in [0, 0.05) is 38.1 Å². The van der Waals surface area contributed by atoms with Crippen LogP contribution in [0.15, 0.2) is 167 Å². The van der Waals surface area contributed by atoms with Crippen molar-refractivity contribution >= 4 is 87.4 Å². The molecule has 0 saturated carbocycles. The van der Waals surface area contributed by atoms with Crippen LogP contribution in [-0.4, -0.2) is 19.6 Å². The lowest BCUT2D eigenvalue weighted by Gasteiger charge is -2.28. The number of rotatable bonds is 6. The molecular weight excluding hydrogens is 907 g/mol. The van der Waals surface area contributed by atoms with Crippen LogP contribution in [0.3, 0.4) is 0 Å². The SMILES string of the molecule is CC(C)c1cc(-c2ccccc2)cc(C(C)C)c1-n1c(-c2cc(C(C)(C)C)cc(C(C)(C)C)c2O)nc2c(-c3ccc4c5ccccc5c5cc6c(cc5c4n3)oc3ccc4c5ccccc5oc4c36)cccc21. The molecule has 0 unspecified atom stereocenters. The van der Waals surface area contributed by atoms with E-state index in [4.69, 9.17) is 18.8 Å². The van der Waals surface area contributed by atoms with Gasteiger partial charge >= 0.3 is 0 Å². The van der Waals surface area contributed by atoms with Gasteiger partial charge < -0.3 is 13.9 Å². The van der Waals surface area contributed by atoms with Gasteiger partial charge in [-0.2, -0.15) is 0 Å². The van der Waals surface area contributed by atoms with Crippen LogP contribution in [-0.2, 0) is 10.8 Å². The predicted octanol–water partition coefficient (Wildman–Crippen LogP) is 19.2. The first-order chi connectivity index (χ1) is 35.5. The molecule has 0 atom stereocenters. The largest absolute Gasteiger partial charge is 0.507 e. The van der Waals surface area contributed by atoms with E-state index in [2.05, 4.69) is 219 Å². The molecule has 74 heavy (non-hydrogen) atoms. The highest BCUT2D eigenvalue weighted by molar-refractivity contribution is 6.29. The number of imidazole rings is 1. The summed E-state index contributed by atoms with van der Waals surface area (Å²) >= 11 is 0. The van der Waals surface area contributed by atoms with E-state index >= 15 is 0 Å². The number of hydrogen-bond donors (Lipinski definition) is 1. The summed E-state index contributed by atoms with van der Waals surface area (Å²) in [6.45, 7) is 22.4. The van der Waals surface area contributed by atoms with Crippen LogP contribution in [0.25, 0.3) is 127 Å². The van der Waals surface area contributed by atoms with Crippen molar-refractivity contribution in [1.29, 1.82) is 0 Å². The molecule has 0 aliphatic carbocycles. The van der Waals surface area contributed by atoms with Crippen LogP contribution in [0.4, 0.5) is 0 Å². The first kappa shape index (κ1) is 45.6. The Labute approximate surface area is 430 Å². The number of para-hydroxylation sites is 2. The molecule has 9 aromatic carbocycles. The Morgan fingerprint density at radius 1 is 0.473 bits per heavy atom. The molecule has 1 N–H and O–H groups in total. The molecule has 0 saturated heterocycles. The second kappa shape index (κ2) is 16.4. The summed E-state index contributed by atoms with van der Waals surface area (Å²) in [6.07, 6.45) is 0. The minimum absolute atomic E-state index is 0.160. The molecule has 364 valence electrons. The Bertz CT molecular complexity index is 4430. The van der Waals surface area contributed by atoms with Gasteiger partial charge in [-0.1, -0.05) is 160 Å². The molecule has 4 aromatic heterocycles. The second-order valence-electron chi connectivity index (χ2n) is 23.1. The second-order valence-corrected chi connectivity index (χ2v) is 23.1. The molecule has 0 aliphatic rings. The number of hydrogen-bond acceptors (Lipinski definition) is 5. The number of aromatic nitrogens is 3. The molecule has 0 fully saturated rings. The fourth-order valence-electron chi connectivity index (χ4n) is 11.6. The smallest absolute Gasteiger partial charge is 0.149 e. The number of phenolic OH excluding ortho intramolecular Hbond substituents is 1. The number of aromatic hydroxyl groups is 1. The Kier molecular flexibility index (Phi) is 10.1. The Balaban J connectivity index is 1.11. The van der Waals surface area contributed by atoms with E-state index in [-0.39, 0.29) is 28.4 Å². The first-order valence-corrected chi connectivity index (χ1v) is 26.1. The Morgan fingerprint density at radius 3 is 1.85 bits per heavy atom. The number of phenols is 1. The van der Waals surface area contributed by atoms with Gasteiger partial charge in [-0.25, -0.2) is 9.97 Å². The molecule has 0 bridgehead atoms. The normalized spacial score (nSPS) is 12.8. The van der Waals surface area contributed by atoms with E-state index < -0.39 is 0 Å². The molecular formula is C68H59N3O3. The summed E-state index contributed by atoms with van der Waals surface area (Å²) in [5.41, 5.74) is 15.7. The minimum atomic E-state index is -0.346. The fraction of sp³-hybridized carbons (Fsp3) is 0.206. The predicted molar refractivity (Wildman–Crippen MR) is 309 cm³/mol. The van der Waals surface area contributed by atoms with Crippen molar-refractivity contribution in [2.45, 2.75) is 91.9 Å². The van der Waals surface area contributed by atoms with Crippen molar-refractivity contribution in [3.63, 3.8) is 0 Å². The van der Waals surface area contributed by atoms with Gasteiger partial charge in [0.2, 0.25) is 0 Å². The van der Waals surface area contributed by atoms with Crippen LogP contribution in [0.2, 0.25) is 0 Å². The van der Waals surface area contributed by atoms with E-state index in [0.717, 1.165) is 115 Å². The zero-order valence-electron chi connectivity index (χ0n) is 43.8. The number of nitrogens with zero attached hydrogens (tertiary/aromatic N) is 3. The number of benzene rings is 9. The minimum Gasteiger partial charge on any atom is -0.507 e. The standard InChI is InChI=1S/C68H59N3O3/c1-37(2)48-31-40(39-19-12-11-13-20-39)32-49(38(3)4)63(48)71-56-25-18-24-47(62(56)70-66(71)53-33-41(67(5,6)7)34-54(64(53)72)68(8,9)10)55-29-27-45-42-21-14-15-22-43(42)50-35-52-59(36-51(50)61(45)69-55)73-58-30-28-46-44-23-16-17-26-57(44)74-65(46)60(52)58/h11-38,72H,1-10H3. The van der Waals surface area contributed by atoms with Crippen LogP contribution in [0.1, 0.15) is 103 Å². The summed E-state index contributed by atoms with van der Waals surface area (Å²) in [6, 6.07) is 56.1. The highest BCUT2D eigenvalue weighted by Crippen LogP contribution is 2.48. The lowest BCUT2D eigenvalue weighted by Crippen LogP contribution is -2.17. The molecule has 0 spiro atoms. The number of pyridine rings is 1. The summed E-state index contributed by atoms with van der Waals surface area (Å²) in [5.74, 6) is 1.27. The quantitative estimate of drug-likeness (QED) is 0.168. The van der Waals surface area contributed by atoms with E-state index in [9.17, 15) is 5.11 Å². The van der Waals surface area contributed by atoms with Gasteiger partial charge in [0.05, 0.1) is 38.9 Å². The first-order valence-electron chi connectivity index (χ1n) is 26.1. The molecule has 6 heteroatoms. The lowest BCUT2D eigenvalue weighted by molar-refractivity contribution is 0.446. The zero-order valence-corrected chi connectivity index (χ0v) is 43.8. The van der Waals surface area contributed by atoms with Gasteiger partial charge in [0.15, 0.2) is 0 Å². The Hall–Kier alpha value is -8.22. The average molecular weight is 966 g/mol. The lowest BCUT2D eigenvalue weighted by atomic mass is 9.78. The molecule has 6 nitrogen and oxygen atoms in total. The van der Waals surface area contributed by atoms with E-state index in [0.29, 0.717) is 11.4 Å². The van der Waals surface area contributed by atoms with Gasteiger partial charge in [-0.3, -0.25) is 4.57 Å². The van der Waals surface area contributed by atoms with Gasteiger partial charge in [-0.15, -0.1) is 0 Å². The van der Waals surface area contributed by atoms with Crippen molar-refractivity contribution < 1.29 is 13.9 Å². The molecule has 0 amide bonds. The molecule has 13 rings (SSSR count). The molecule has 0 radical (unpaired) electrons. The fourth-order valence-corrected chi connectivity index (χ4v) is 11.6. The van der Waals surface area contributed by atoms with Crippen LogP contribution < -0.4 is 0 Å². The van der Waals surface area contributed by atoms with Gasteiger partial charge in [0.25, 0.3) is 0 Å². The number of furan rings is 2. The van der Waals surface area contributed by atoms with Gasteiger partial charge in [0.1, 0.15) is 33.9 Å². The summed E-state index contributed by atoms with van der Waals surface area (Å²) in [4.78, 5) is 11.4. The van der Waals surface area contributed by atoms with Crippen LogP contribution in [0.5, 0.6) is 5.75 Å². The van der Waals surface area contributed by atoms with Gasteiger partial charge in [-0.05, 0) is 133 Å². The molecule has 0 aliphatic heterocycles. The van der Waals surface area contributed by atoms with E-state index in [1.54, 1.807) is 0 Å². The molecule has 4 heterocycles. The monoisotopic (exact) mass is 965 g/mol. The van der Waals surface area contributed by atoms with Crippen LogP contribution in [0, 0.1) is 0 Å². The summed E-state index contributed by atoms with van der Waals surface area (Å²) in [7, 11) is 0. The maximum absolute atomic E-state index is 12.7. The van der Waals surface area contributed by atoms with Crippen molar-refractivity contribution in [3.8, 4) is 45.2 Å². The summed E-state index contributed by atoms with van der Waals surface area (Å²) in [5, 5.41) is 22.3. The van der Waals surface area contributed by atoms with Crippen molar-refractivity contribution in [3.05, 3.63) is 180 Å². The molecule has 13 aromatic rings. The summed E-state index contributed by atoms with van der Waals surface area (Å²) < 4.78 is 15.7. The van der Waals surface area contributed by atoms with Crippen molar-refractivity contribution in [1.82, 2.24) is 14.5 Å². The van der Waals surface area contributed by atoms with Crippen molar-refractivity contribution in [2.24, 2.45) is 0 Å². The van der Waals surface area contributed by atoms with Crippen molar-refractivity contribution in [2.75, 3.05) is 0 Å². The maximum Gasteiger partial charge on any atom is 0.149 e. The van der Waals surface area contributed by atoms with E-state index in [1.165, 1.54) is 22.3 Å². The third-order valence-corrected chi connectivity index (χ3v) is 15.5. The zero-order chi connectivity index (χ0) is 51.1. The third kappa shape index (κ3) is 6.98. The topological polar surface area (TPSA) is 77.2 Å². The highest BCUT2D eigenvalue weighted by Gasteiger charge is 2.31. The maximum atomic E-state index is 12.7.